The quantitative estimate of drug-likeness (QED) is 0.328. The lowest BCUT2D eigenvalue weighted by molar-refractivity contribution is -0.384. The molecule has 10 nitrogen and oxygen atoms in total. The van der Waals surface area contributed by atoms with Gasteiger partial charge in [0.1, 0.15) is 12.6 Å². The maximum atomic E-state index is 13.7. The van der Waals surface area contributed by atoms with E-state index < -0.39 is 33.4 Å². The number of nitro groups is 1. The van der Waals surface area contributed by atoms with Gasteiger partial charge in [0.05, 0.1) is 16.9 Å². The molecular formula is C25H31BrN4O6S. The van der Waals surface area contributed by atoms with Gasteiger partial charge in [-0.05, 0) is 49.9 Å². The van der Waals surface area contributed by atoms with Gasteiger partial charge >= 0.3 is 0 Å². The van der Waals surface area contributed by atoms with Crippen LogP contribution in [0.15, 0.2) is 46.9 Å². The number of aryl methyl sites for hydroxylation is 1. The lowest BCUT2D eigenvalue weighted by Crippen LogP contribution is -2.52. The summed E-state index contributed by atoms with van der Waals surface area (Å²) >= 11 is 3.41. The minimum Gasteiger partial charge on any atom is -0.352 e. The molecule has 0 heterocycles. The molecule has 0 spiro atoms. The Morgan fingerprint density at radius 3 is 2.46 bits per heavy atom. The molecule has 1 aliphatic carbocycles. The number of rotatable bonds is 10. The standard InChI is InChI=1S/C25H31BrN4O6S/c1-17-11-12-22(30(33)34)14-23(17)29(37(3,35)36)16-24(31)28(15-19-7-6-8-20(26)13-19)18(2)25(32)27-21-9-4-5-10-21/h6-8,11-14,18,21H,4-5,9-10,15-16H2,1-3H3,(H,27,32)/t18-/m1/s1. The van der Waals surface area contributed by atoms with Gasteiger partial charge in [-0.2, -0.15) is 0 Å². The molecule has 0 radical (unpaired) electrons. The van der Waals surface area contributed by atoms with Crippen molar-refractivity contribution in [2.45, 2.75) is 58.2 Å². The van der Waals surface area contributed by atoms with Crippen LogP contribution >= 0.6 is 15.9 Å². The number of sulfonamides is 1. The van der Waals surface area contributed by atoms with Crippen LogP contribution in [0.2, 0.25) is 0 Å². The second kappa shape index (κ2) is 12.0. The number of carbonyl (C=O) groups is 2. The van der Waals surface area contributed by atoms with E-state index in [0.29, 0.717) is 5.56 Å². The number of halogens is 1. The fourth-order valence-corrected chi connectivity index (χ4v) is 5.73. The van der Waals surface area contributed by atoms with Crippen LogP contribution in [0, 0.1) is 17.0 Å². The number of benzene rings is 2. The summed E-state index contributed by atoms with van der Waals surface area (Å²) in [5, 5.41) is 14.3. The summed E-state index contributed by atoms with van der Waals surface area (Å²) in [6.07, 6.45) is 4.77. The Hall–Kier alpha value is -2.99. The predicted octanol–water partition coefficient (Wildman–Crippen LogP) is 3.91. The van der Waals surface area contributed by atoms with Crippen LogP contribution in [0.25, 0.3) is 0 Å². The number of hydrogen-bond acceptors (Lipinski definition) is 6. The van der Waals surface area contributed by atoms with Gasteiger partial charge in [-0.15, -0.1) is 0 Å². The molecule has 2 aromatic rings. The van der Waals surface area contributed by atoms with Crippen LogP contribution < -0.4 is 9.62 Å². The first-order valence-electron chi connectivity index (χ1n) is 11.9. The summed E-state index contributed by atoms with van der Waals surface area (Å²) in [6.45, 7) is 2.68. The predicted molar refractivity (Wildman–Crippen MR) is 145 cm³/mol. The number of amides is 2. The second-order valence-corrected chi connectivity index (χ2v) is 12.1. The minimum absolute atomic E-state index is 0.0375. The molecule has 0 bridgehead atoms. The van der Waals surface area contributed by atoms with Gasteiger partial charge in [-0.25, -0.2) is 8.42 Å². The van der Waals surface area contributed by atoms with Crippen molar-refractivity contribution in [1.82, 2.24) is 10.2 Å². The number of non-ortho nitro benzene ring substituents is 1. The van der Waals surface area contributed by atoms with E-state index in [1.807, 2.05) is 18.2 Å². The fraction of sp³-hybridized carbons (Fsp3) is 0.440. The lowest BCUT2D eigenvalue weighted by atomic mass is 10.1. The van der Waals surface area contributed by atoms with E-state index >= 15 is 0 Å². The molecule has 1 saturated carbocycles. The monoisotopic (exact) mass is 594 g/mol. The average Bonchev–Trinajstić information content (AvgIpc) is 3.33. The van der Waals surface area contributed by atoms with Gasteiger partial charge in [0.25, 0.3) is 5.69 Å². The van der Waals surface area contributed by atoms with E-state index in [2.05, 4.69) is 21.2 Å². The Kier molecular flexibility index (Phi) is 9.30. The summed E-state index contributed by atoms with van der Waals surface area (Å²) in [4.78, 5) is 38.8. The smallest absolute Gasteiger partial charge is 0.271 e. The first-order valence-corrected chi connectivity index (χ1v) is 14.6. The van der Waals surface area contributed by atoms with E-state index in [-0.39, 0.29) is 29.9 Å². The Bertz CT molecular complexity index is 1280. The maximum Gasteiger partial charge on any atom is 0.271 e. The van der Waals surface area contributed by atoms with Crippen molar-refractivity contribution in [1.29, 1.82) is 0 Å². The zero-order chi connectivity index (χ0) is 27.3. The molecule has 0 unspecified atom stereocenters. The van der Waals surface area contributed by atoms with Crippen molar-refractivity contribution in [3.63, 3.8) is 0 Å². The number of hydrogen-bond donors (Lipinski definition) is 1. The highest BCUT2D eigenvalue weighted by atomic mass is 79.9. The Morgan fingerprint density at radius 2 is 1.86 bits per heavy atom. The first-order chi connectivity index (χ1) is 17.4. The zero-order valence-electron chi connectivity index (χ0n) is 21.0. The van der Waals surface area contributed by atoms with Crippen molar-refractivity contribution in [3.05, 3.63) is 68.2 Å². The summed E-state index contributed by atoms with van der Waals surface area (Å²) in [5.74, 6) is -0.918. The number of nitro benzene ring substituents is 1. The van der Waals surface area contributed by atoms with E-state index in [0.717, 1.165) is 52.3 Å². The molecule has 0 aliphatic heterocycles. The van der Waals surface area contributed by atoms with Gasteiger partial charge in [-0.3, -0.25) is 24.0 Å². The highest BCUT2D eigenvalue weighted by Crippen LogP contribution is 2.28. The number of nitrogens with zero attached hydrogens (tertiary/aromatic N) is 3. The maximum absolute atomic E-state index is 13.7. The number of nitrogens with one attached hydrogen (secondary N) is 1. The Balaban J connectivity index is 1.94. The molecular weight excluding hydrogens is 564 g/mol. The summed E-state index contributed by atoms with van der Waals surface area (Å²) in [5.41, 5.74) is 0.947. The third kappa shape index (κ3) is 7.51. The van der Waals surface area contributed by atoms with Crippen LogP contribution in [-0.2, 0) is 26.2 Å². The molecule has 3 rings (SSSR count). The molecule has 2 amide bonds. The largest absolute Gasteiger partial charge is 0.352 e. The second-order valence-electron chi connectivity index (χ2n) is 9.32. The van der Waals surface area contributed by atoms with E-state index in [1.165, 1.54) is 17.0 Å². The molecule has 2 aromatic carbocycles. The van der Waals surface area contributed by atoms with Gasteiger partial charge in [-0.1, -0.05) is 47.0 Å². The van der Waals surface area contributed by atoms with Gasteiger partial charge in [0, 0.05) is 29.2 Å². The number of carbonyl (C=O) groups excluding carboxylic acids is 2. The third-order valence-corrected chi connectivity index (χ3v) is 8.08. The van der Waals surface area contributed by atoms with Gasteiger partial charge in [0.15, 0.2) is 0 Å². The zero-order valence-corrected chi connectivity index (χ0v) is 23.4. The SMILES string of the molecule is Cc1ccc([N+](=O)[O-])cc1N(CC(=O)N(Cc1cccc(Br)c1)[C@H](C)C(=O)NC1CCCC1)S(C)(=O)=O. The molecule has 1 aliphatic rings. The van der Waals surface area contributed by atoms with Crippen LogP contribution in [0.1, 0.15) is 43.7 Å². The average molecular weight is 596 g/mol. The van der Waals surface area contributed by atoms with E-state index in [4.69, 9.17) is 0 Å². The topological polar surface area (TPSA) is 130 Å². The summed E-state index contributed by atoms with van der Waals surface area (Å²) in [6, 6.07) is 10.3. The summed E-state index contributed by atoms with van der Waals surface area (Å²) in [7, 11) is -4.00. The lowest BCUT2D eigenvalue weighted by Gasteiger charge is -2.32. The van der Waals surface area contributed by atoms with Crippen molar-refractivity contribution >= 4 is 49.1 Å². The van der Waals surface area contributed by atoms with Crippen molar-refractivity contribution < 1.29 is 22.9 Å². The van der Waals surface area contributed by atoms with Gasteiger partial charge in [0.2, 0.25) is 21.8 Å². The molecule has 37 heavy (non-hydrogen) atoms. The van der Waals surface area contributed by atoms with Crippen LogP contribution in [0.4, 0.5) is 11.4 Å². The molecule has 1 atom stereocenters. The normalized spacial score (nSPS) is 14.7. The molecule has 0 saturated heterocycles. The molecule has 200 valence electrons. The van der Waals surface area contributed by atoms with Gasteiger partial charge < -0.3 is 10.2 Å². The summed E-state index contributed by atoms with van der Waals surface area (Å²) < 4.78 is 27.2. The minimum atomic E-state index is -4.00. The van der Waals surface area contributed by atoms with Crippen molar-refractivity contribution in [2.75, 3.05) is 17.1 Å². The molecule has 1 N–H and O–H groups in total. The highest BCUT2D eigenvalue weighted by molar-refractivity contribution is 9.10. The van der Waals surface area contributed by atoms with E-state index in [9.17, 15) is 28.1 Å². The van der Waals surface area contributed by atoms with Crippen LogP contribution in [-0.4, -0.2) is 54.9 Å². The molecule has 0 aromatic heterocycles. The molecule has 1 fully saturated rings. The van der Waals surface area contributed by atoms with Crippen molar-refractivity contribution in [3.8, 4) is 0 Å². The van der Waals surface area contributed by atoms with Crippen LogP contribution in [0.5, 0.6) is 0 Å². The highest BCUT2D eigenvalue weighted by Gasteiger charge is 2.32. The van der Waals surface area contributed by atoms with Crippen LogP contribution in [0.3, 0.4) is 0 Å². The third-order valence-electron chi connectivity index (χ3n) is 6.46. The Labute approximate surface area is 225 Å². The first kappa shape index (κ1) is 28.6. The molecule has 12 heteroatoms. The fourth-order valence-electron chi connectivity index (χ4n) is 4.38. The van der Waals surface area contributed by atoms with Crippen molar-refractivity contribution in [2.24, 2.45) is 0 Å². The number of anilines is 1. The van der Waals surface area contributed by atoms with E-state index in [1.54, 1.807) is 19.9 Å². The Morgan fingerprint density at radius 1 is 1.19 bits per heavy atom.